The highest BCUT2D eigenvalue weighted by Crippen LogP contribution is 2.17. The molecule has 0 heterocycles. The van der Waals surface area contributed by atoms with Crippen molar-refractivity contribution in [2.24, 2.45) is 0 Å². The predicted molar refractivity (Wildman–Crippen MR) is 72.3 cm³/mol. The van der Waals surface area contributed by atoms with Gasteiger partial charge in [0.1, 0.15) is 0 Å². The Hall–Kier alpha value is -0.240. The van der Waals surface area contributed by atoms with E-state index in [0.717, 1.165) is 24.4 Å². The first-order valence-corrected chi connectivity index (χ1v) is 6.56. The average molecular weight is 260 g/mol. The predicted octanol–water partition coefficient (Wildman–Crippen LogP) is 4.23. The maximum atomic E-state index is 5.94. The average Bonchev–Trinajstić information content (AvgIpc) is 2.27. The highest BCUT2D eigenvalue weighted by molar-refractivity contribution is 6.30. The molecule has 1 aromatic rings. The lowest BCUT2D eigenvalue weighted by Gasteiger charge is -2.29. The molecule has 0 saturated heterocycles. The molecule has 1 N–H and O–H groups in total. The third kappa shape index (κ3) is 4.32. The van der Waals surface area contributed by atoms with Crippen LogP contribution in [0.25, 0.3) is 0 Å². The van der Waals surface area contributed by atoms with Gasteiger partial charge in [-0.3, -0.25) is 0 Å². The molecule has 0 bridgehead atoms. The Morgan fingerprint density at radius 3 is 2.69 bits per heavy atom. The Balaban J connectivity index is 2.55. The topological polar surface area (TPSA) is 12.0 Å². The summed E-state index contributed by atoms with van der Waals surface area (Å²) < 4.78 is 0. The van der Waals surface area contributed by atoms with Crippen molar-refractivity contribution in [3.8, 4) is 0 Å². The minimum Gasteiger partial charge on any atom is -0.307 e. The Morgan fingerprint density at radius 2 is 2.12 bits per heavy atom. The largest absolute Gasteiger partial charge is 0.307 e. The summed E-state index contributed by atoms with van der Waals surface area (Å²) in [6, 6.07) is 7.94. The van der Waals surface area contributed by atoms with Crippen LogP contribution in [0.4, 0.5) is 0 Å². The van der Waals surface area contributed by atoms with E-state index in [4.69, 9.17) is 23.2 Å². The van der Waals surface area contributed by atoms with Crippen LogP contribution in [0, 0.1) is 0 Å². The highest BCUT2D eigenvalue weighted by atomic mass is 35.5. The van der Waals surface area contributed by atoms with Crippen molar-refractivity contribution in [3.05, 3.63) is 34.9 Å². The SMILES string of the molecule is CCC(C)(CCCl)NCc1cccc(Cl)c1. The van der Waals surface area contributed by atoms with Crippen LogP contribution in [-0.4, -0.2) is 11.4 Å². The molecule has 16 heavy (non-hydrogen) atoms. The first-order chi connectivity index (χ1) is 7.59. The molecular formula is C13H19Cl2N. The number of hydrogen-bond donors (Lipinski definition) is 1. The zero-order valence-corrected chi connectivity index (χ0v) is 11.4. The van der Waals surface area contributed by atoms with Gasteiger partial charge in [0, 0.05) is 23.0 Å². The molecule has 1 rings (SSSR count). The Bertz CT molecular complexity index is 327. The Kier molecular flexibility index (Phi) is 5.60. The molecule has 0 aromatic heterocycles. The van der Waals surface area contributed by atoms with Crippen molar-refractivity contribution >= 4 is 23.2 Å². The minimum absolute atomic E-state index is 0.115. The van der Waals surface area contributed by atoms with Gasteiger partial charge < -0.3 is 5.32 Å². The van der Waals surface area contributed by atoms with E-state index in [1.165, 1.54) is 5.56 Å². The van der Waals surface area contributed by atoms with Crippen molar-refractivity contribution in [1.82, 2.24) is 5.32 Å². The van der Waals surface area contributed by atoms with E-state index in [1.807, 2.05) is 18.2 Å². The Morgan fingerprint density at radius 1 is 1.38 bits per heavy atom. The molecule has 1 atom stereocenters. The molecule has 1 unspecified atom stereocenters. The van der Waals surface area contributed by atoms with Crippen molar-refractivity contribution in [2.75, 3.05) is 5.88 Å². The smallest absolute Gasteiger partial charge is 0.0409 e. The molecule has 0 aliphatic heterocycles. The summed E-state index contributed by atoms with van der Waals surface area (Å²) in [5.74, 6) is 0.687. The monoisotopic (exact) mass is 259 g/mol. The molecule has 0 fully saturated rings. The van der Waals surface area contributed by atoms with E-state index in [2.05, 4.69) is 25.2 Å². The molecule has 3 heteroatoms. The van der Waals surface area contributed by atoms with Gasteiger partial charge >= 0.3 is 0 Å². The van der Waals surface area contributed by atoms with Crippen LogP contribution >= 0.6 is 23.2 Å². The number of benzene rings is 1. The van der Waals surface area contributed by atoms with E-state index in [9.17, 15) is 0 Å². The lowest BCUT2D eigenvalue weighted by atomic mass is 9.95. The Labute approximate surface area is 108 Å². The summed E-state index contributed by atoms with van der Waals surface area (Å²) in [5.41, 5.74) is 1.33. The van der Waals surface area contributed by atoms with Gasteiger partial charge in [0.2, 0.25) is 0 Å². The van der Waals surface area contributed by atoms with Gasteiger partial charge in [-0.15, -0.1) is 11.6 Å². The molecule has 0 radical (unpaired) electrons. The fourth-order valence-corrected chi connectivity index (χ4v) is 2.19. The van der Waals surface area contributed by atoms with Crippen LogP contribution in [0.15, 0.2) is 24.3 Å². The number of alkyl halides is 1. The zero-order chi connectivity index (χ0) is 12.0. The second-order valence-electron chi connectivity index (χ2n) is 4.34. The fourth-order valence-electron chi connectivity index (χ4n) is 1.56. The lowest BCUT2D eigenvalue weighted by Crippen LogP contribution is -2.41. The van der Waals surface area contributed by atoms with Crippen LogP contribution in [0.2, 0.25) is 5.02 Å². The zero-order valence-electron chi connectivity index (χ0n) is 9.89. The van der Waals surface area contributed by atoms with Crippen molar-refractivity contribution in [3.63, 3.8) is 0 Å². The van der Waals surface area contributed by atoms with E-state index in [0.29, 0.717) is 5.88 Å². The third-order valence-electron chi connectivity index (χ3n) is 3.03. The van der Waals surface area contributed by atoms with Gasteiger partial charge in [0.25, 0.3) is 0 Å². The second-order valence-corrected chi connectivity index (χ2v) is 5.15. The summed E-state index contributed by atoms with van der Waals surface area (Å²) in [6.07, 6.45) is 2.05. The summed E-state index contributed by atoms with van der Waals surface area (Å²) in [7, 11) is 0. The molecule has 0 spiro atoms. The molecule has 90 valence electrons. The molecule has 1 nitrogen and oxygen atoms in total. The maximum Gasteiger partial charge on any atom is 0.0409 e. The summed E-state index contributed by atoms with van der Waals surface area (Å²) in [6.45, 7) is 5.22. The first-order valence-electron chi connectivity index (χ1n) is 5.65. The van der Waals surface area contributed by atoms with Gasteiger partial charge in [-0.1, -0.05) is 30.7 Å². The van der Waals surface area contributed by atoms with Gasteiger partial charge in [0.05, 0.1) is 0 Å². The van der Waals surface area contributed by atoms with Gasteiger partial charge in [-0.05, 0) is 37.5 Å². The molecule has 0 saturated carbocycles. The maximum absolute atomic E-state index is 5.94. The standard InChI is InChI=1S/C13H19Cl2N/c1-3-13(2,7-8-14)16-10-11-5-4-6-12(15)9-11/h4-6,9,16H,3,7-8,10H2,1-2H3. The number of nitrogens with one attached hydrogen (secondary N) is 1. The number of halogens is 2. The van der Waals surface area contributed by atoms with Crippen LogP contribution in [-0.2, 0) is 6.54 Å². The number of rotatable bonds is 6. The molecule has 0 aliphatic rings. The molecule has 0 aliphatic carbocycles. The highest BCUT2D eigenvalue weighted by Gasteiger charge is 2.19. The molecular weight excluding hydrogens is 241 g/mol. The minimum atomic E-state index is 0.115. The second kappa shape index (κ2) is 6.48. The van der Waals surface area contributed by atoms with Gasteiger partial charge in [0.15, 0.2) is 0 Å². The summed E-state index contributed by atoms with van der Waals surface area (Å²) >= 11 is 11.8. The number of hydrogen-bond acceptors (Lipinski definition) is 1. The fraction of sp³-hybridized carbons (Fsp3) is 0.538. The van der Waals surface area contributed by atoms with E-state index >= 15 is 0 Å². The van der Waals surface area contributed by atoms with Gasteiger partial charge in [-0.2, -0.15) is 0 Å². The van der Waals surface area contributed by atoms with Crippen molar-refractivity contribution in [1.29, 1.82) is 0 Å². The quantitative estimate of drug-likeness (QED) is 0.755. The first kappa shape index (κ1) is 13.8. The third-order valence-corrected chi connectivity index (χ3v) is 3.46. The van der Waals surface area contributed by atoms with E-state index < -0.39 is 0 Å². The van der Waals surface area contributed by atoms with Crippen molar-refractivity contribution < 1.29 is 0 Å². The summed E-state index contributed by atoms with van der Waals surface area (Å²) in [4.78, 5) is 0. The lowest BCUT2D eigenvalue weighted by molar-refractivity contribution is 0.331. The van der Waals surface area contributed by atoms with Crippen LogP contribution < -0.4 is 5.32 Å². The summed E-state index contributed by atoms with van der Waals surface area (Å²) in [5, 5.41) is 4.33. The molecule has 0 amide bonds. The molecule has 1 aromatic carbocycles. The van der Waals surface area contributed by atoms with Crippen LogP contribution in [0.3, 0.4) is 0 Å². The van der Waals surface area contributed by atoms with E-state index in [1.54, 1.807) is 0 Å². The van der Waals surface area contributed by atoms with E-state index in [-0.39, 0.29) is 5.54 Å². The van der Waals surface area contributed by atoms with Gasteiger partial charge in [-0.25, -0.2) is 0 Å². The van der Waals surface area contributed by atoms with Crippen LogP contribution in [0.1, 0.15) is 32.3 Å². The normalized spacial score (nSPS) is 14.8. The van der Waals surface area contributed by atoms with Crippen molar-refractivity contribution in [2.45, 2.75) is 38.8 Å². The van der Waals surface area contributed by atoms with Crippen LogP contribution in [0.5, 0.6) is 0 Å².